The maximum absolute atomic E-state index is 15.6. The normalized spacial score (nSPS) is 26.9. The molecule has 1 aromatic carbocycles. The molecule has 0 aliphatic heterocycles. The largest absolute Gasteiger partial charge is 0.507 e. The maximum Gasteiger partial charge on any atom is 0.214 e. The van der Waals surface area contributed by atoms with Crippen LogP contribution in [0.15, 0.2) is 41.6 Å². The highest BCUT2D eigenvalue weighted by atomic mass is 32.3. The van der Waals surface area contributed by atoms with Crippen molar-refractivity contribution >= 4 is 55.5 Å². The van der Waals surface area contributed by atoms with E-state index in [4.69, 9.17) is 0 Å². The number of hydrogen-bond donors (Lipinski definition) is 4. The summed E-state index contributed by atoms with van der Waals surface area (Å²) in [5, 5.41) is 19.6. The van der Waals surface area contributed by atoms with Gasteiger partial charge in [0.05, 0.1) is 17.8 Å². The van der Waals surface area contributed by atoms with E-state index in [1.54, 1.807) is 24.4 Å². The van der Waals surface area contributed by atoms with Crippen LogP contribution in [0.25, 0.3) is 22.5 Å². The molecule has 2 saturated carbocycles. The van der Waals surface area contributed by atoms with Crippen LogP contribution in [-0.4, -0.2) is 47.3 Å². The number of phenolic OH excluding ortho intramolecular Hbond substituents is 1. The number of rotatable bonds is 6. The smallest absolute Gasteiger partial charge is 0.214 e. The molecule has 2 bridgehead atoms. The van der Waals surface area contributed by atoms with Gasteiger partial charge in [0.1, 0.15) is 16.9 Å². The summed E-state index contributed by atoms with van der Waals surface area (Å²) < 4.78 is 28.7. The standard InChI is InChI=1S/C26H29F2N5OS4/c1-24-6-7-25(2,13-24)22(28)17(11-24)33(3)20-12-29-23(32-31-20)16-5-4-14(8-18(16)34)15-9-19(27)30-21(10-15)38-26(35,36)37/h4-5,8-10,12,17,22,34-37H,6-7,11,13H2,1-3H3/t17-,22-,24-,25-/m1/s1. The van der Waals surface area contributed by atoms with Crippen LogP contribution in [0, 0.1) is 16.8 Å². The second-order valence-corrected chi connectivity index (χ2v) is 16.2. The van der Waals surface area contributed by atoms with Crippen molar-refractivity contribution in [1.29, 1.82) is 0 Å². The summed E-state index contributed by atoms with van der Waals surface area (Å²) in [4.78, 5) is 10.1. The highest BCUT2D eigenvalue weighted by molar-refractivity contribution is 8.36. The minimum Gasteiger partial charge on any atom is -0.507 e. The molecule has 0 saturated heterocycles. The van der Waals surface area contributed by atoms with E-state index in [-0.39, 0.29) is 28.4 Å². The zero-order valence-corrected chi connectivity index (χ0v) is 24.6. The highest BCUT2D eigenvalue weighted by Gasteiger charge is 2.56. The van der Waals surface area contributed by atoms with Crippen LogP contribution >= 0.6 is 49.6 Å². The quantitative estimate of drug-likeness (QED) is 0.110. The topological polar surface area (TPSA) is 75.0 Å². The Morgan fingerprint density at radius 1 is 1.11 bits per heavy atom. The van der Waals surface area contributed by atoms with Gasteiger partial charge in [0.15, 0.2) is 14.4 Å². The predicted octanol–water partition coefficient (Wildman–Crippen LogP) is 6.68. The van der Waals surface area contributed by atoms with Gasteiger partial charge in [-0.25, -0.2) is 14.4 Å². The molecular weight excluding hydrogens is 565 g/mol. The van der Waals surface area contributed by atoms with E-state index in [1.165, 1.54) is 12.1 Å². The van der Waals surface area contributed by atoms with E-state index in [2.05, 4.69) is 71.9 Å². The number of phenols is 1. The van der Waals surface area contributed by atoms with Gasteiger partial charge < -0.3 is 10.0 Å². The minimum atomic E-state index is -1.04. The molecule has 38 heavy (non-hydrogen) atoms. The van der Waals surface area contributed by atoms with Crippen LogP contribution < -0.4 is 4.90 Å². The fourth-order valence-corrected chi connectivity index (χ4v) is 7.45. The summed E-state index contributed by atoms with van der Waals surface area (Å²) in [5.74, 6) is -0.0495. The van der Waals surface area contributed by atoms with Crippen LogP contribution in [0.3, 0.4) is 0 Å². The number of thiol groups is 3. The van der Waals surface area contributed by atoms with Crippen molar-refractivity contribution < 1.29 is 13.9 Å². The number of fused-ring (bicyclic) bond motifs is 2. The Labute approximate surface area is 241 Å². The average Bonchev–Trinajstić information content (AvgIpc) is 3.11. The van der Waals surface area contributed by atoms with Crippen molar-refractivity contribution in [2.75, 3.05) is 11.9 Å². The van der Waals surface area contributed by atoms with Crippen molar-refractivity contribution in [2.45, 2.75) is 59.5 Å². The fourth-order valence-electron chi connectivity index (χ4n) is 6.01. The molecule has 2 heterocycles. The van der Waals surface area contributed by atoms with Crippen LogP contribution in [0.4, 0.5) is 14.6 Å². The van der Waals surface area contributed by atoms with Gasteiger partial charge in [0.2, 0.25) is 5.95 Å². The number of halogens is 2. The van der Waals surface area contributed by atoms with Crippen LogP contribution in [-0.2, 0) is 0 Å². The summed E-state index contributed by atoms with van der Waals surface area (Å²) in [6.45, 7) is 4.30. The van der Waals surface area contributed by atoms with E-state index < -0.39 is 14.9 Å². The minimum absolute atomic E-state index is 0.0858. The molecule has 6 nitrogen and oxygen atoms in total. The van der Waals surface area contributed by atoms with Gasteiger partial charge in [-0.15, -0.1) is 48.1 Å². The lowest BCUT2D eigenvalue weighted by Crippen LogP contribution is -2.52. The van der Waals surface area contributed by atoms with Gasteiger partial charge in [-0.3, -0.25) is 0 Å². The van der Waals surface area contributed by atoms with Crippen molar-refractivity contribution in [2.24, 2.45) is 10.8 Å². The van der Waals surface area contributed by atoms with Crippen LogP contribution in [0.2, 0.25) is 0 Å². The molecule has 3 aromatic rings. The van der Waals surface area contributed by atoms with Crippen LogP contribution in [0.5, 0.6) is 5.75 Å². The van der Waals surface area contributed by atoms with Gasteiger partial charge in [0.25, 0.3) is 0 Å². The Morgan fingerprint density at radius 2 is 1.87 bits per heavy atom. The van der Waals surface area contributed by atoms with E-state index in [0.717, 1.165) is 37.4 Å². The first-order valence-electron chi connectivity index (χ1n) is 12.2. The molecule has 0 radical (unpaired) electrons. The number of aromatic nitrogens is 4. The molecule has 0 unspecified atom stereocenters. The summed E-state index contributed by atoms with van der Waals surface area (Å²) in [6.07, 6.45) is 4.22. The van der Waals surface area contributed by atoms with Gasteiger partial charge >= 0.3 is 0 Å². The third-order valence-corrected chi connectivity index (χ3v) is 9.34. The SMILES string of the molecule is CN(c1cnc(-c2ccc(-c3cc(F)nc(SC(S)(S)S)c3)cc2O)nn1)[C@@H]1C[C@@]2(C)CC[C@](C)(C2)[C@@H]1F. The van der Waals surface area contributed by atoms with E-state index in [9.17, 15) is 9.50 Å². The third kappa shape index (κ3) is 5.59. The first-order chi connectivity index (χ1) is 17.8. The number of benzene rings is 1. The predicted molar refractivity (Wildman–Crippen MR) is 157 cm³/mol. The molecule has 4 atom stereocenters. The molecule has 202 valence electrons. The second kappa shape index (κ2) is 10.0. The fraction of sp³-hybridized carbons (Fsp3) is 0.462. The molecule has 2 aliphatic carbocycles. The Hall–Kier alpha value is -1.76. The molecule has 2 fully saturated rings. The number of nitrogens with zero attached hydrogens (tertiary/aromatic N) is 5. The van der Waals surface area contributed by atoms with Gasteiger partial charge in [-0.2, -0.15) is 4.39 Å². The molecule has 5 rings (SSSR count). The molecule has 2 aromatic heterocycles. The lowest BCUT2D eigenvalue weighted by atomic mass is 9.67. The third-order valence-electron chi connectivity index (χ3n) is 7.83. The van der Waals surface area contributed by atoms with Crippen molar-refractivity contribution in [3.05, 3.63) is 42.5 Å². The average molecular weight is 594 g/mol. The van der Waals surface area contributed by atoms with Crippen LogP contribution in [0.1, 0.15) is 39.5 Å². The Kier molecular flexibility index (Phi) is 7.32. The Bertz CT molecular complexity index is 1360. The number of alkyl halides is 1. The zero-order valence-electron chi connectivity index (χ0n) is 21.1. The van der Waals surface area contributed by atoms with E-state index >= 15 is 4.39 Å². The molecule has 1 N–H and O–H groups in total. The first kappa shape index (κ1) is 27.8. The first-order valence-corrected chi connectivity index (χ1v) is 14.4. The van der Waals surface area contributed by atoms with Crippen molar-refractivity contribution in [1.82, 2.24) is 20.2 Å². The number of anilines is 1. The maximum atomic E-state index is 15.6. The van der Waals surface area contributed by atoms with Gasteiger partial charge in [0, 0.05) is 18.5 Å². The Balaban J connectivity index is 1.36. The molecule has 12 heteroatoms. The lowest BCUT2D eigenvalue weighted by Gasteiger charge is -2.46. The highest BCUT2D eigenvalue weighted by Crippen LogP contribution is 2.59. The number of aromatic hydroxyl groups is 1. The molecule has 2 aliphatic rings. The lowest BCUT2D eigenvalue weighted by molar-refractivity contribution is 0.0380. The number of pyridine rings is 1. The Morgan fingerprint density at radius 3 is 2.53 bits per heavy atom. The van der Waals surface area contributed by atoms with E-state index in [0.29, 0.717) is 27.5 Å². The second-order valence-electron chi connectivity index (χ2n) is 11.0. The summed E-state index contributed by atoms with van der Waals surface area (Å²) in [7, 11) is 1.84. The van der Waals surface area contributed by atoms with Crippen molar-refractivity contribution in [3.63, 3.8) is 0 Å². The van der Waals surface area contributed by atoms with Gasteiger partial charge in [-0.1, -0.05) is 31.7 Å². The summed E-state index contributed by atoms with van der Waals surface area (Å²) in [6, 6.07) is 7.52. The van der Waals surface area contributed by atoms with Gasteiger partial charge in [-0.05, 0) is 60.4 Å². The summed E-state index contributed by atoms with van der Waals surface area (Å²) in [5.41, 5.74) is 1.29. The summed E-state index contributed by atoms with van der Waals surface area (Å²) >= 11 is 13.7. The number of hydrogen-bond acceptors (Lipinski definition) is 10. The van der Waals surface area contributed by atoms with E-state index in [1.807, 2.05) is 11.9 Å². The molecule has 0 amide bonds. The zero-order chi connectivity index (χ0) is 27.5. The van der Waals surface area contributed by atoms with Crippen molar-refractivity contribution in [3.8, 4) is 28.3 Å². The number of thioether (sulfide) groups is 1. The molecular formula is C26H29F2N5OS4. The molecule has 0 spiro atoms. The monoisotopic (exact) mass is 593 g/mol.